The molecule has 0 fully saturated rings. The quantitative estimate of drug-likeness (QED) is 0.759. The van der Waals surface area contributed by atoms with Crippen molar-refractivity contribution in [2.45, 2.75) is 26.8 Å². The Kier molecular flexibility index (Phi) is 5.17. The second-order valence-electron chi connectivity index (χ2n) is 4.08. The molecule has 5 heteroatoms. The van der Waals surface area contributed by atoms with Crippen LogP contribution in [0.3, 0.4) is 0 Å². The summed E-state index contributed by atoms with van der Waals surface area (Å²) in [4.78, 5) is 23.1. The van der Waals surface area contributed by atoms with Crippen LogP contribution in [0.4, 0.5) is 10.5 Å². The molecule has 1 atom stereocenters. The van der Waals surface area contributed by atoms with Crippen LogP contribution in [0.5, 0.6) is 0 Å². The van der Waals surface area contributed by atoms with E-state index in [0.29, 0.717) is 12.2 Å². The fraction of sp³-hybridized carbons (Fsp3) is 0.385. The number of amides is 3. The normalized spacial score (nSPS) is 11.5. The fourth-order valence-electron chi connectivity index (χ4n) is 1.48. The maximum atomic E-state index is 11.6. The molecule has 0 saturated carbocycles. The van der Waals surface area contributed by atoms with Crippen molar-refractivity contribution < 1.29 is 9.59 Å². The van der Waals surface area contributed by atoms with E-state index in [-0.39, 0.29) is 11.9 Å². The van der Waals surface area contributed by atoms with Gasteiger partial charge in [0.1, 0.15) is 6.04 Å². The van der Waals surface area contributed by atoms with Crippen molar-refractivity contribution in [3.8, 4) is 0 Å². The first-order chi connectivity index (χ1) is 8.52. The molecular formula is C13H19N3O2. The molecule has 0 aliphatic carbocycles. The summed E-state index contributed by atoms with van der Waals surface area (Å²) < 4.78 is 0. The Labute approximate surface area is 107 Å². The van der Waals surface area contributed by atoms with Gasteiger partial charge in [0.15, 0.2) is 0 Å². The lowest BCUT2D eigenvalue weighted by Gasteiger charge is -2.14. The van der Waals surface area contributed by atoms with E-state index >= 15 is 0 Å². The molecule has 1 rings (SSSR count). The number of urea groups is 1. The lowest BCUT2D eigenvalue weighted by Crippen LogP contribution is -2.46. The van der Waals surface area contributed by atoms with Crippen LogP contribution in [0.2, 0.25) is 0 Å². The summed E-state index contributed by atoms with van der Waals surface area (Å²) in [6.07, 6.45) is 0. The van der Waals surface area contributed by atoms with Crippen LogP contribution in [0, 0.1) is 6.92 Å². The van der Waals surface area contributed by atoms with E-state index in [1.807, 2.05) is 32.0 Å². The maximum Gasteiger partial charge on any atom is 0.319 e. The third kappa shape index (κ3) is 4.45. The summed E-state index contributed by atoms with van der Waals surface area (Å²) in [7, 11) is 0. The predicted octanol–water partition coefficient (Wildman–Crippen LogP) is 1.64. The van der Waals surface area contributed by atoms with Crippen LogP contribution in [-0.2, 0) is 4.79 Å². The smallest absolute Gasteiger partial charge is 0.319 e. The lowest BCUT2D eigenvalue weighted by molar-refractivity contribution is -0.122. The number of aryl methyl sites for hydroxylation is 1. The molecular weight excluding hydrogens is 230 g/mol. The minimum atomic E-state index is -0.560. The number of hydrogen-bond acceptors (Lipinski definition) is 2. The summed E-state index contributed by atoms with van der Waals surface area (Å²) in [6, 6.07) is 6.51. The zero-order valence-electron chi connectivity index (χ0n) is 10.9. The number of carbonyl (C=O) groups excluding carboxylic acids is 2. The van der Waals surface area contributed by atoms with Gasteiger partial charge in [-0.3, -0.25) is 4.79 Å². The van der Waals surface area contributed by atoms with Gasteiger partial charge in [-0.15, -0.1) is 0 Å². The summed E-state index contributed by atoms with van der Waals surface area (Å²) in [5.74, 6) is -0.197. The second-order valence-corrected chi connectivity index (χ2v) is 4.08. The summed E-state index contributed by atoms with van der Waals surface area (Å²) in [5, 5.41) is 7.89. The van der Waals surface area contributed by atoms with E-state index < -0.39 is 6.04 Å². The Hall–Kier alpha value is -2.04. The highest BCUT2D eigenvalue weighted by molar-refractivity contribution is 5.93. The Morgan fingerprint density at radius 1 is 1.33 bits per heavy atom. The molecule has 18 heavy (non-hydrogen) atoms. The molecule has 5 nitrogen and oxygen atoms in total. The number of hydrogen-bond donors (Lipinski definition) is 3. The first kappa shape index (κ1) is 14.0. The third-order valence-corrected chi connectivity index (χ3v) is 2.37. The Bertz CT molecular complexity index is 432. The molecule has 0 saturated heterocycles. The minimum Gasteiger partial charge on any atom is -0.355 e. The highest BCUT2D eigenvalue weighted by atomic mass is 16.2. The average Bonchev–Trinajstić information content (AvgIpc) is 2.28. The van der Waals surface area contributed by atoms with Crippen molar-refractivity contribution in [2.75, 3.05) is 11.9 Å². The zero-order valence-corrected chi connectivity index (χ0v) is 10.9. The molecule has 3 amide bonds. The summed E-state index contributed by atoms with van der Waals surface area (Å²) in [6.45, 7) is 5.96. The first-order valence-electron chi connectivity index (χ1n) is 5.94. The SMILES string of the molecule is CCNC(=O)[C@H](C)NC(=O)Nc1cccc(C)c1. The van der Waals surface area contributed by atoms with E-state index in [2.05, 4.69) is 16.0 Å². The van der Waals surface area contributed by atoms with Crippen LogP contribution >= 0.6 is 0 Å². The highest BCUT2D eigenvalue weighted by Gasteiger charge is 2.14. The number of likely N-dealkylation sites (N-methyl/N-ethyl adjacent to an activating group) is 1. The van der Waals surface area contributed by atoms with Gasteiger partial charge in [-0.2, -0.15) is 0 Å². The van der Waals surface area contributed by atoms with Crippen LogP contribution in [0.25, 0.3) is 0 Å². The largest absolute Gasteiger partial charge is 0.355 e. The maximum absolute atomic E-state index is 11.6. The number of rotatable bonds is 4. The van der Waals surface area contributed by atoms with Gasteiger partial charge in [-0.1, -0.05) is 12.1 Å². The van der Waals surface area contributed by atoms with Gasteiger partial charge < -0.3 is 16.0 Å². The van der Waals surface area contributed by atoms with Gasteiger partial charge in [0.05, 0.1) is 0 Å². The highest BCUT2D eigenvalue weighted by Crippen LogP contribution is 2.08. The van der Waals surface area contributed by atoms with Crippen molar-refractivity contribution >= 4 is 17.6 Å². The monoisotopic (exact) mass is 249 g/mol. The second kappa shape index (κ2) is 6.64. The van der Waals surface area contributed by atoms with Crippen LogP contribution < -0.4 is 16.0 Å². The molecule has 0 spiro atoms. The van der Waals surface area contributed by atoms with Crippen molar-refractivity contribution in [1.82, 2.24) is 10.6 Å². The predicted molar refractivity (Wildman–Crippen MR) is 71.5 cm³/mol. The topological polar surface area (TPSA) is 70.2 Å². The van der Waals surface area contributed by atoms with Crippen molar-refractivity contribution in [2.24, 2.45) is 0 Å². The Morgan fingerprint density at radius 2 is 2.06 bits per heavy atom. The average molecular weight is 249 g/mol. The molecule has 3 N–H and O–H groups in total. The summed E-state index contributed by atoms with van der Waals surface area (Å²) in [5.41, 5.74) is 1.76. The van der Waals surface area contributed by atoms with Crippen molar-refractivity contribution in [1.29, 1.82) is 0 Å². The minimum absolute atomic E-state index is 0.197. The molecule has 0 aliphatic heterocycles. The van der Waals surface area contributed by atoms with E-state index in [0.717, 1.165) is 5.56 Å². The van der Waals surface area contributed by atoms with E-state index in [1.54, 1.807) is 13.0 Å². The number of benzene rings is 1. The Balaban J connectivity index is 2.49. The fourth-order valence-corrected chi connectivity index (χ4v) is 1.48. The molecule has 0 aliphatic rings. The van der Waals surface area contributed by atoms with Gasteiger partial charge in [0.25, 0.3) is 0 Å². The summed E-state index contributed by atoms with van der Waals surface area (Å²) >= 11 is 0. The van der Waals surface area contributed by atoms with Crippen LogP contribution in [-0.4, -0.2) is 24.5 Å². The molecule has 0 unspecified atom stereocenters. The van der Waals surface area contributed by atoms with Crippen molar-refractivity contribution in [3.05, 3.63) is 29.8 Å². The van der Waals surface area contributed by atoms with Crippen LogP contribution in [0.15, 0.2) is 24.3 Å². The molecule has 98 valence electrons. The molecule has 1 aromatic carbocycles. The molecule has 0 bridgehead atoms. The van der Waals surface area contributed by atoms with E-state index in [4.69, 9.17) is 0 Å². The molecule has 0 heterocycles. The third-order valence-electron chi connectivity index (χ3n) is 2.37. The van der Waals surface area contributed by atoms with E-state index in [9.17, 15) is 9.59 Å². The van der Waals surface area contributed by atoms with Crippen molar-refractivity contribution in [3.63, 3.8) is 0 Å². The van der Waals surface area contributed by atoms with Crippen LogP contribution in [0.1, 0.15) is 19.4 Å². The lowest BCUT2D eigenvalue weighted by atomic mass is 10.2. The van der Waals surface area contributed by atoms with Gasteiger partial charge >= 0.3 is 6.03 Å². The molecule has 1 aromatic rings. The van der Waals surface area contributed by atoms with Gasteiger partial charge in [-0.05, 0) is 38.5 Å². The number of carbonyl (C=O) groups is 2. The van der Waals surface area contributed by atoms with Gasteiger partial charge in [0, 0.05) is 12.2 Å². The molecule has 0 radical (unpaired) electrons. The number of nitrogens with one attached hydrogen (secondary N) is 3. The number of anilines is 1. The molecule has 0 aromatic heterocycles. The van der Waals surface area contributed by atoms with Gasteiger partial charge in [-0.25, -0.2) is 4.79 Å². The Morgan fingerprint density at radius 3 is 2.67 bits per heavy atom. The van der Waals surface area contributed by atoms with E-state index in [1.165, 1.54) is 0 Å². The first-order valence-corrected chi connectivity index (χ1v) is 5.94. The standard InChI is InChI=1S/C13H19N3O2/c1-4-14-12(17)10(3)15-13(18)16-11-7-5-6-9(2)8-11/h5-8,10H,4H2,1-3H3,(H,14,17)(H2,15,16,18)/t10-/m0/s1. The zero-order chi connectivity index (χ0) is 13.5. The van der Waals surface area contributed by atoms with Gasteiger partial charge in [0.2, 0.25) is 5.91 Å².